The minimum atomic E-state index is -1.13. The van der Waals surface area contributed by atoms with E-state index in [0.29, 0.717) is 5.56 Å². The number of hydrogen-bond acceptors (Lipinski definition) is 4. The van der Waals surface area contributed by atoms with Crippen molar-refractivity contribution in [2.75, 3.05) is 0 Å². The van der Waals surface area contributed by atoms with Crippen molar-refractivity contribution < 1.29 is 24.2 Å². The van der Waals surface area contributed by atoms with Crippen LogP contribution in [-0.2, 0) is 11.3 Å². The van der Waals surface area contributed by atoms with Crippen LogP contribution in [0.5, 0.6) is 5.75 Å². The molecule has 0 aliphatic carbocycles. The highest BCUT2D eigenvalue weighted by atomic mass is 16.7. The summed E-state index contributed by atoms with van der Waals surface area (Å²) in [5, 5.41) is 8.79. The molecule has 0 spiro atoms. The SMILES string of the molecule is O=C1OCc2cccc(C(=O)O)c2O1. The smallest absolute Gasteiger partial charge is 0.478 e. The van der Waals surface area contributed by atoms with Gasteiger partial charge in [0.15, 0.2) is 5.75 Å². The molecule has 0 saturated heterocycles. The average molecular weight is 194 g/mol. The van der Waals surface area contributed by atoms with Gasteiger partial charge in [-0.2, -0.15) is 0 Å². The number of hydrogen-bond donors (Lipinski definition) is 1. The van der Waals surface area contributed by atoms with Gasteiger partial charge in [-0.25, -0.2) is 9.59 Å². The van der Waals surface area contributed by atoms with E-state index < -0.39 is 12.1 Å². The van der Waals surface area contributed by atoms with Gasteiger partial charge in [0.1, 0.15) is 12.2 Å². The molecule has 0 radical (unpaired) electrons. The van der Waals surface area contributed by atoms with Crippen LogP contribution in [-0.4, -0.2) is 17.2 Å². The topological polar surface area (TPSA) is 72.8 Å². The van der Waals surface area contributed by atoms with Crippen LogP contribution < -0.4 is 4.74 Å². The number of cyclic esters (lactones) is 1. The summed E-state index contributed by atoms with van der Waals surface area (Å²) in [6, 6.07) is 4.60. The first-order valence-corrected chi connectivity index (χ1v) is 3.88. The Hall–Kier alpha value is -2.04. The van der Waals surface area contributed by atoms with Gasteiger partial charge in [-0.05, 0) is 6.07 Å². The number of para-hydroxylation sites is 1. The Morgan fingerprint density at radius 2 is 2.21 bits per heavy atom. The van der Waals surface area contributed by atoms with Gasteiger partial charge in [0.25, 0.3) is 0 Å². The molecule has 5 nitrogen and oxygen atoms in total. The van der Waals surface area contributed by atoms with Gasteiger partial charge in [-0.1, -0.05) is 12.1 Å². The molecule has 1 aliphatic rings. The van der Waals surface area contributed by atoms with Gasteiger partial charge in [0.2, 0.25) is 0 Å². The molecule has 0 unspecified atom stereocenters. The summed E-state index contributed by atoms with van der Waals surface area (Å²) in [5.74, 6) is -1.05. The minimum Gasteiger partial charge on any atom is -0.478 e. The van der Waals surface area contributed by atoms with Gasteiger partial charge < -0.3 is 14.6 Å². The van der Waals surface area contributed by atoms with Crippen LogP contribution in [0.3, 0.4) is 0 Å². The number of aromatic carboxylic acids is 1. The highest BCUT2D eigenvalue weighted by molar-refractivity contribution is 5.92. The zero-order valence-electron chi connectivity index (χ0n) is 7.02. The lowest BCUT2D eigenvalue weighted by atomic mass is 10.1. The van der Waals surface area contributed by atoms with E-state index in [2.05, 4.69) is 9.47 Å². The fraction of sp³-hybridized carbons (Fsp3) is 0.111. The molecule has 0 bridgehead atoms. The third-order valence-corrected chi connectivity index (χ3v) is 1.86. The molecule has 2 rings (SSSR count). The monoisotopic (exact) mass is 194 g/mol. The van der Waals surface area contributed by atoms with Crippen LogP contribution >= 0.6 is 0 Å². The number of benzene rings is 1. The van der Waals surface area contributed by atoms with E-state index in [1.165, 1.54) is 6.07 Å². The summed E-state index contributed by atoms with van der Waals surface area (Å²) in [4.78, 5) is 21.5. The molecule has 0 amide bonds. The van der Waals surface area contributed by atoms with Crippen molar-refractivity contribution in [2.45, 2.75) is 6.61 Å². The molecule has 0 atom stereocenters. The van der Waals surface area contributed by atoms with Gasteiger partial charge in [0.05, 0.1) is 0 Å². The Morgan fingerprint density at radius 1 is 1.43 bits per heavy atom. The normalized spacial score (nSPS) is 13.9. The lowest BCUT2D eigenvalue weighted by Crippen LogP contribution is -2.19. The largest absolute Gasteiger partial charge is 0.514 e. The molecule has 14 heavy (non-hydrogen) atoms. The second kappa shape index (κ2) is 3.02. The summed E-state index contributed by atoms with van der Waals surface area (Å²) in [7, 11) is 0. The van der Waals surface area contributed by atoms with E-state index >= 15 is 0 Å². The Morgan fingerprint density at radius 3 is 2.93 bits per heavy atom. The number of carboxylic acids is 1. The van der Waals surface area contributed by atoms with Crippen molar-refractivity contribution in [3.8, 4) is 5.75 Å². The van der Waals surface area contributed by atoms with Crippen LogP contribution in [0.1, 0.15) is 15.9 Å². The number of carbonyl (C=O) groups is 2. The molecule has 1 heterocycles. The van der Waals surface area contributed by atoms with Crippen molar-refractivity contribution in [2.24, 2.45) is 0 Å². The van der Waals surface area contributed by atoms with Crippen molar-refractivity contribution in [3.63, 3.8) is 0 Å². The summed E-state index contributed by atoms with van der Waals surface area (Å²) in [6.07, 6.45) is -0.869. The minimum absolute atomic E-state index is 0.0286. The van der Waals surface area contributed by atoms with Crippen LogP contribution in [0.2, 0.25) is 0 Å². The third-order valence-electron chi connectivity index (χ3n) is 1.86. The lowest BCUT2D eigenvalue weighted by Gasteiger charge is -2.16. The van der Waals surface area contributed by atoms with Crippen molar-refractivity contribution in [1.82, 2.24) is 0 Å². The first-order chi connectivity index (χ1) is 6.68. The first kappa shape index (κ1) is 8.55. The number of rotatable bonds is 1. The van der Waals surface area contributed by atoms with E-state index in [9.17, 15) is 9.59 Å². The summed E-state index contributed by atoms with van der Waals surface area (Å²) >= 11 is 0. The predicted molar refractivity (Wildman–Crippen MR) is 44.2 cm³/mol. The Bertz CT molecular complexity index is 410. The maximum Gasteiger partial charge on any atom is 0.514 e. The number of fused-ring (bicyclic) bond motifs is 1. The van der Waals surface area contributed by atoms with Crippen LogP contribution in [0, 0.1) is 0 Å². The lowest BCUT2D eigenvalue weighted by molar-refractivity contribution is 0.0668. The molecule has 0 aromatic heterocycles. The molecular weight excluding hydrogens is 188 g/mol. The van der Waals surface area contributed by atoms with Crippen molar-refractivity contribution in [3.05, 3.63) is 29.3 Å². The van der Waals surface area contributed by atoms with Gasteiger partial charge in [-0.15, -0.1) is 0 Å². The van der Waals surface area contributed by atoms with Gasteiger partial charge in [0, 0.05) is 5.56 Å². The quantitative estimate of drug-likeness (QED) is 0.540. The molecular formula is C9H6O5. The summed E-state index contributed by atoms with van der Waals surface area (Å²) in [5.41, 5.74) is 0.531. The Balaban J connectivity index is 2.54. The van der Waals surface area contributed by atoms with Gasteiger partial charge >= 0.3 is 12.1 Å². The fourth-order valence-electron chi connectivity index (χ4n) is 1.24. The molecule has 1 aromatic carbocycles. The number of carbonyl (C=O) groups excluding carboxylic acids is 1. The summed E-state index contributed by atoms with van der Waals surface area (Å²) in [6.45, 7) is 0.0509. The van der Waals surface area contributed by atoms with Crippen molar-refractivity contribution >= 4 is 12.1 Å². The molecule has 0 fully saturated rings. The van der Waals surface area contributed by atoms with E-state index in [1.54, 1.807) is 12.1 Å². The zero-order valence-corrected chi connectivity index (χ0v) is 7.02. The molecule has 1 N–H and O–H groups in total. The second-order valence-electron chi connectivity index (χ2n) is 2.74. The highest BCUT2D eigenvalue weighted by Gasteiger charge is 2.23. The number of ether oxygens (including phenoxy) is 2. The summed E-state index contributed by atoms with van der Waals surface area (Å²) < 4.78 is 9.27. The molecule has 0 saturated carbocycles. The maximum absolute atomic E-state index is 10.8. The number of carboxylic acid groups (broad SMARTS) is 1. The Labute approximate surface area is 78.9 Å². The van der Waals surface area contributed by atoms with Crippen LogP contribution in [0.25, 0.3) is 0 Å². The van der Waals surface area contributed by atoms with E-state index in [1.807, 2.05) is 0 Å². The first-order valence-electron chi connectivity index (χ1n) is 3.88. The van der Waals surface area contributed by atoms with Crippen LogP contribution in [0.15, 0.2) is 18.2 Å². The average Bonchev–Trinajstić information content (AvgIpc) is 2.16. The molecule has 1 aliphatic heterocycles. The Kier molecular flexibility index (Phi) is 1.85. The van der Waals surface area contributed by atoms with Gasteiger partial charge in [-0.3, -0.25) is 0 Å². The predicted octanol–water partition coefficient (Wildman–Crippen LogP) is 1.41. The van der Waals surface area contributed by atoms with E-state index in [4.69, 9.17) is 5.11 Å². The molecule has 5 heteroatoms. The van der Waals surface area contributed by atoms with E-state index in [0.717, 1.165) is 0 Å². The zero-order chi connectivity index (χ0) is 10.1. The molecule has 72 valence electrons. The fourth-order valence-corrected chi connectivity index (χ4v) is 1.24. The maximum atomic E-state index is 10.8. The standard InChI is InChI=1S/C9H6O5/c10-8(11)6-3-1-2-5-4-13-9(12)14-7(5)6/h1-3H,4H2,(H,10,11). The highest BCUT2D eigenvalue weighted by Crippen LogP contribution is 2.28. The van der Waals surface area contributed by atoms with Crippen molar-refractivity contribution in [1.29, 1.82) is 0 Å². The van der Waals surface area contributed by atoms with E-state index in [-0.39, 0.29) is 17.9 Å². The second-order valence-corrected chi connectivity index (χ2v) is 2.74. The van der Waals surface area contributed by atoms with Crippen LogP contribution in [0.4, 0.5) is 4.79 Å². The molecule has 1 aromatic rings. The third kappa shape index (κ3) is 1.28.